The van der Waals surface area contributed by atoms with E-state index in [9.17, 15) is 4.79 Å². The van der Waals surface area contributed by atoms with Crippen molar-refractivity contribution < 1.29 is 13.9 Å². The van der Waals surface area contributed by atoms with Gasteiger partial charge in [0.15, 0.2) is 17.2 Å². The van der Waals surface area contributed by atoms with Crippen LogP contribution in [0.15, 0.2) is 22.9 Å². The van der Waals surface area contributed by atoms with Crippen molar-refractivity contribution in [2.24, 2.45) is 0 Å². The number of likely N-dealkylation sites (N-methyl/N-ethyl adjacent to an activating group) is 1. The lowest BCUT2D eigenvalue weighted by Gasteiger charge is -2.11. The van der Waals surface area contributed by atoms with E-state index in [-0.39, 0.29) is 5.78 Å². The summed E-state index contributed by atoms with van der Waals surface area (Å²) in [5, 5.41) is 4.22. The highest BCUT2D eigenvalue weighted by atomic mass is 16.5. The lowest BCUT2D eigenvalue weighted by Crippen LogP contribution is -2.22. The molecule has 0 aromatic carbocycles. The van der Waals surface area contributed by atoms with Gasteiger partial charge in [0.25, 0.3) is 0 Å². The predicted molar refractivity (Wildman–Crippen MR) is 74.2 cm³/mol. The summed E-state index contributed by atoms with van der Waals surface area (Å²) >= 11 is 0. The SMILES string of the molecule is COc1cnn(CCN(C)C)c1C(=O)c1occc1C. The summed E-state index contributed by atoms with van der Waals surface area (Å²) < 4.78 is 12.2. The van der Waals surface area contributed by atoms with Gasteiger partial charge in [0, 0.05) is 6.54 Å². The highest BCUT2D eigenvalue weighted by Crippen LogP contribution is 2.23. The third kappa shape index (κ3) is 2.75. The Morgan fingerprint density at radius 3 is 2.80 bits per heavy atom. The minimum atomic E-state index is -0.208. The molecule has 0 aliphatic rings. The molecule has 0 unspecified atom stereocenters. The lowest BCUT2D eigenvalue weighted by molar-refractivity contribution is 0.0994. The maximum absolute atomic E-state index is 12.6. The van der Waals surface area contributed by atoms with Gasteiger partial charge in [-0.15, -0.1) is 0 Å². The second kappa shape index (κ2) is 5.92. The molecule has 108 valence electrons. The van der Waals surface area contributed by atoms with Crippen LogP contribution in [0, 0.1) is 6.92 Å². The van der Waals surface area contributed by atoms with Crippen LogP contribution in [0.5, 0.6) is 5.75 Å². The average molecular weight is 277 g/mol. The van der Waals surface area contributed by atoms with E-state index in [1.807, 2.05) is 25.9 Å². The molecule has 0 spiro atoms. The summed E-state index contributed by atoms with van der Waals surface area (Å²) in [5.41, 5.74) is 1.23. The van der Waals surface area contributed by atoms with Crippen LogP contribution in [0.3, 0.4) is 0 Å². The van der Waals surface area contributed by atoms with Crippen molar-refractivity contribution in [1.82, 2.24) is 14.7 Å². The molecule has 2 heterocycles. The van der Waals surface area contributed by atoms with Gasteiger partial charge in [0.2, 0.25) is 5.78 Å². The molecule has 2 aromatic rings. The first-order valence-corrected chi connectivity index (χ1v) is 6.38. The molecule has 20 heavy (non-hydrogen) atoms. The molecule has 0 aliphatic heterocycles. The fourth-order valence-corrected chi connectivity index (χ4v) is 1.92. The predicted octanol–water partition coefficient (Wildman–Crippen LogP) is 1.59. The first kappa shape index (κ1) is 14.3. The van der Waals surface area contributed by atoms with Crippen LogP contribution in [0.2, 0.25) is 0 Å². The number of nitrogens with zero attached hydrogens (tertiary/aromatic N) is 3. The number of hydrogen-bond acceptors (Lipinski definition) is 5. The number of rotatable bonds is 6. The van der Waals surface area contributed by atoms with Crippen LogP contribution in [0.1, 0.15) is 21.8 Å². The highest BCUT2D eigenvalue weighted by molar-refractivity contribution is 6.08. The number of furan rings is 1. The summed E-state index contributed by atoms with van der Waals surface area (Å²) in [6.07, 6.45) is 3.07. The van der Waals surface area contributed by atoms with Crippen molar-refractivity contribution >= 4 is 5.78 Å². The van der Waals surface area contributed by atoms with Crippen molar-refractivity contribution in [3.8, 4) is 5.75 Å². The Morgan fingerprint density at radius 2 is 2.25 bits per heavy atom. The van der Waals surface area contributed by atoms with E-state index in [1.54, 1.807) is 16.9 Å². The Morgan fingerprint density at radius 1 is 1.50 bits per heavy atom. The number of aryl methyl sites for hydroxylation is 1. The molecular weight excluding hydrogens is 258 g/mol. The number of methoxy groups -OCH3 is 1. The Hall–Kier alpha value is -2.08. The normalized spacial score (nSPS) is 11.1. The van der Waals surface area contributed by atoms with Crippen molar-refractivity contribution in [3.05, 3.63) is 35.5 Å². The third-order valence-corrected chi connectivity index (χ3v) is 3.07. The lowest BCUT2D eigenvalue weighted by atomic mass is 10.1. The maximum atomic E-state index is 12.6. The zero-order valence-corrected chi connectivity index (χ0v) is 12.2. The first-order valence-electron chi connectivity index (χ1n) is 6.38. The number of hydrogen-bond donors (Lipinski definition) is 0. The van der Waals surface area contributed by atoms with Crippen LogP contribution >= 0.6 is 0 Å². The summed E-state index contributed by atoms with van der Waals surface area (Å²) in [4.78, 5) is 14.6. The molecule has 0 fully saturated rings. The van der Waals surface area contributed by atoms with Crippen molar-refractivity contribution in [1.29, 1.82) is 0 Å². The van der Waals surface area contributed by atoms with E-state index >= 15 is 0 Å². The maximum Gasteiger partial charge on any atom is 0.250 e. The van der Waals surface area contributed by atoms with Crippen LogP contribution in [0.4, 0.5) is 0 Å². The van der Waals surface area contributed by atoms with Crippen molar-refractivity contribution in [2.75, 3.05) is 27.7 Å². The van der Waals surface area contributed by atoms with Gasteiger partial charge < -0.3 is 14.1 Å². The number of ether oxygens (including phenoxy) is 1. The fourth-order valence-electron chi connectivity index (χ4n) is 1.92. The van der Waals surface area contributed by atoms with Crippen LogP contribution in [-0.2, 0) is 6.54 Å². The number of carbonyl (C=O) groups excluding carboxylic acids is 1. The van der Waals surface area contributed by atoms with Crippen LogP contribution in [0.25, 0.3) is 0 Å². The molecule has 0 aliphatic carbocycles. The molecule has 2 rings (SSSR count). The van der Waals surface area contributed by atoms with Gasteiger partial charge in [-0.1, -0.05) is 0 Å². The van der Waals surface area contributed by atoms with Gasteiger partial charge in [-0.3, -0.25) is 9.48 Å². The minimum Gasteiger partial charge on any atom is -0.493 e. The fraction of sp³-hybridized carbons (Fsp3) is 0.429. The van der Waals surface area contributed by atoms with Gasteiger partial charge in [-0.05, 0) is 32.6 Å². The second-order valence-electron chi connectivity index (χ2n) is 4.85. The molecule has 6 nitrogen and oxygen atoms in total. The van der Waals surface area contributed by atoms with Gasteiger partial charge in [-0.2, -0.15) is 5.10 Å². The van der Waals surface area contributed by atoms with E-state index in [1.165, 1.54) is 13.4 Å². The molecule has 0 amide bonds. The molecule has 0 atom stereocenters. The summed E-state index contributed by atoms with van der Waals surface area (Å²) in [6, 6.07) is 1.76. The molecular formula is C14H19N3O3. The van der Waals surface area contributed by atoms with E-state index in [4.69, 9.17) is 9.15 Å². The molecule has 0 radical (unpaired) electrons. The molecule has 0 saturated heterocycles. The Balaban J connectivity index is 2.36. The van der Waals surface area contributed by atoms with E-state index in [0.29, 0.717) is 23.7 Å². The molecule has 0 saturated carbocycles. The molecule has 6 heteroatoms. The smallest absolute Gasteiger partial charge is 0.250 e. The summed E-state index contributed by atoms with van der Waals surface area (Å²) in [6.45, 7) is 3.23. The zero-order valence-electron chi connectivity index (χ0n) is 12.2. The largest absolute Gasteiger partial charge is 0.493 e. The van der Waals surface area contributed by atoms with Gasteiger partial charge in [0.1, 0.15) is 0 Å². The van der Waals surface area contributed by atoms with Crippen molar-refractivity contribution in [3.63, 3.8) is 0 Å². The molecule has 0 bridgehead atoms. The number of aromatic nitrogens is 2. The van der Waals surface area contributed by atoms with E-state index in [2.05, 4.69) is 5.10 Å². The second-order valence-corrected chi connectivity index (χ2v) is 4.85. The topological polar surface area (TPSA) is 60.5 Å². The Labute approximate surface area is 117 Å². The standard InChI is InChI=1S/C14H19N3O3/c1-10-5-8-20-14(10)13(18)12-11(19-4)9-15-17(12)7-6-16(2)3/h5,8-9H,6-7H2,1-4H3. The highest BCUT2D eigenvalue weighted by Gasteiger charge is 2.24. The monoisotopic (exact) mass is 277 g/mol. The number of ketones is 1. The summed E-state index contributed by atoms with van der Waals surface area (Å²) in [7, 11) is 5.47. The van der Waals surface area contributed by atoms with Gasteiger partial charge in [-0.25, -0.2) is 0 Å². The van der Waals surface area contributed by atoms with E-state index in [0.717, 1.165) is 12.1 Å². The Kier molecular flexibility index (Phi) is 4.24. The average Bonchev–Trinajstić information content (AvgIpc) is 3.01. The zero-order chi connectivity index (χ0) is 14.7. The third-order valence-electron chi connectivity index (χ3n) is 3.07. The van der Waals surface area contributed by atoms with Crippen LogP contribution in [-0.4, -0.2) is 48.2 Å². The number of carbonyl (C=O) groups is 1. The quantitative estimate of drug-likeness (QED) is 0.750. The van der Waals surface area contributed by atoms with E-state index < -0.39 is 0 Å². The molecule has 0 N–H and O–H groups in total. The van der Waals surface area contributed by atoms with Crippen LogP contribution < -0.4 is 4.74 Å². The van der Waals surface area contributed by atoms with Gasteiger partial charge >= 0.3 is 0 Å². The Bertz CT molecular complexity index is 599. The molecule has 2 aromatic heterocycles. The van der Waals surface area contributed by atoms with Crippen molar-refractivity contribution in [2.45, 2.75) is 13.5 Å². The van der Waals surface area contributed by atoms with Gasteiger partial charge in [0.05, 0.1) is 26.1 Å². The summed E-state index contributed by atoms with van der Waals surface area (Å²) in [5.74, 6) is 0.583. The first-order chi connectivity index (χ1) is 9.54. The minimum absolute atomic E-state index is 0.208.